The average molecular weight is 447 g/mol. The van der Waals surface area contributed by atoms with E-state index in [2.05, 4.69) is 10.1 Å². The van der Waals surface area contributed by atoms with Crippen LogP contribution >= 0.6 is 0 Å². The third kappa shape index (κ3) is 5.42. The molecule has 1 heterocycles. The van der Waals surface area contributed by atoms with E-state index in [0.29, 0.717) is 36.4 Å². The Morgan fingerprint density at radius 3 is 2.19 bits per heavy atom. The smallest absolute Gasteiger partial charge is 0.337 e. The lowest BCUT2D eigenvalue weighted by Gasteiger charge is -2.30. The third-order valence-corrected chi connectivity index (χ3v) is 7.08. The van der Waals surface area contributed by atoms with Crippen LogP contribution in [0.4, 0.5) is 5.69 Å². The maximum Gasteiger partial charge on any atom is 0.337 e. The molecule has 0 spiro atoms. The van der Waals surface area contributed by atoms with Gasteiger partial charge in [-0.05, 0) is 68.3 Å². The van der Waals surface area contributed by atoms with Crippen LogP contribution in [-0.2, 0) is 19.6 Å². The quantitative estimate of drug-likeness (QED) is 0.656. The number of amides is 1. The number of nitrogens with one attached hydrogen (secondary N) is 1. The summed E-state index contributed by atoms with van der Waals surface area (Å²) in [4.78, 5) is 24.3. The number of benzene rings is 2. The van der Waals surface area contributed by atoms with Crippen LogP contribution in [0.1, 0.15) is 30.1 Å². The van der Waals surface area contributed by atoms with Crippen molar-refractivity contribution in [2.24, 2.45) is 5.92 Å². The molecule has 3 rings (SSSR count). The maximum absolute atomic E-state index is 12.9. The predicted octanol–water partition coefficient (Wildman–Crippen LogP) is 2.91. The largest absolute Gasteiger partial charge is 0.494 e. The highest BCUT2D eigenvalue weighted by atomic mass is 32.2. The van der Waals surface area contributed by atoms with Crippen LogP contribution in [0.3, 0.4) is 0 Å². The van der Waals surface area contributed by atoms with Gasteiger partial charge in [0.25, 0.3) is 0 Å². The van der Waals surface area contributed by atoms with Gasteiger partial charge in [-0.15, -0.1) is 0 Å². The summed E-state index contributed by atoms with van der Waals surface area (Å²) in [6.45, 7) is 2.92. The van der Waals surface area contributed by atoms with Crippen molar-refractivity contribution in [3.63, 3.8) is 0 Å². The van der Waals surface area contributed by atoms with Crippen molar-refractivity contribution >= 4 is 27.6 Å². The molecule has 1 saturated heterocycles. The summed E-state index contributed by atoms with van der Waals surface area (Å²) in [5, 5.41) is 2.83. The molecule has 1 fully saturated rings. The number of methoxy groups -OCH3 is 1. The second-order valence-electron chi connectivity index (χ2n) is 7.14. The Labute approximate surface area is 182 Å². The molecule has 1 amide bonds. The number of hydrogen-bond acceptors (Lipinski definition) is 6. The highest BCUT2D eigenvalue weighted by Gasteiger charge is 2.32. The molecule has 9 heteroatoms. The lowest BCUT2D eigenvalue weighted by molar-refractivity contribution is -0.120. The Balaban J connectivity index is 1.57. The summed E-state index contributed by atoms with van der Waals surface area (Å²) >= 11 is 0. The molecule has 166 valence electrons. The number of sulfonamides is 1. The fourth-order valence-electron chi connectivity index (χ4n) is 3.43. The highest BCUT2D eigenvalue weighted by molar-refractivity contribution is 7.89. The van der Waals surface area contributed by atoms with E-state index in [0.717, 1.165) is 0 Å². The Morgan fingerprint density at radius 1 is 1.03 bits per heavy atom. The van der Waals surface area contributed by atoms with Gasteiger partial charge in [0.1, 0.15) is 5.75 Å². The summed E-state index contributed by atoms with van der Waals surface area (Å²) in [6, 6.07) is 12.8. The van der Waals surface area contributed by atoms with Gasteiger partial charge in [0.2, 0.25) is 15.9 Å². The zero-order chi connectivity index (χ0) is 22.4. The molecule has 0 unspecified atom stereocenters. The maximum atomic E-state index is 12.9. The Hall–Kier alpha value is -2.91. The summed E-state index contributed by atoms with van der Waals surface area (Å²) in [5.41, 5.74) is 0.968. The first-order chi connectivity index (χ1) is 14.8. The summed E-state index contributed by atoms with van der Waals surface area (Å²) < 4.78 is 37.2. The topological polar surface area (TPSA) is 102 Å². The minimum atomic E-state index is -3.61. The average Bonchev–Trinajstić information content (AvgIpc) is 2.79. The first-order valence-electron chi connectivity index (χ1n) is 10.1. The number of ether oxygens (including phenoxy) is 2. The first kappa shape index (κ1) is 22.8. The van der Waals surface area contributed by atoms with E-state index in [9.17, 15) is 18.0 Å². The van der Waals surface area contributed by atoms with Crippen molar-refractivity contribution in [3.05, 3.63) is 54.1 Å². The van der Waals surface area contributed by atoms with Gasteiger partial charge < -0.3 is 14.8 Å². The van der Waals surface area contributed by atoms with Crippen molar-refractivity contribution in [2.45, 2.75) is 24.7 Å². The minimum Gasteiger partial charge on any atom is -0.494 e. The van der Waals surface area contributed by atoms with E-state index in [-0.39, 0.29) is 29.8 Å². The van der Waals surface area contributed by atoms with Crippen LogP contribution in [0.2, 0.25) is 0 Å². The molecular weight excluding hydrogens is 420 g/mol. The molecule has 0 radical (unpaired) electrons. The summed E-state index contributed by atoms with van der Waals surface area (Å²) in [5.74, 6) is -0.272. The molecule has 0 aromatic heterocycles. The molecule has 0 aliphatic carbocycles. The first-order valence-corrected chi connectivity index (χ1v) is 11.5. The van der Waals surface area contributed by atoms with Gasteiger partial charge in [0, 0.05) is 24.7 Å². The van der Waals surface area contributed by atoms with Crippen LogP contribution in [0.15, 0.2) is 53.4 Å². The predicted molar refractivity (Wildman–Crippen MR) is 116 cm³/mol. The van der Waals surface area contributed by atoms with Crippen LogP contribution in [0.25, 0.3) is 0 Å². The third-order valence-electron chi connectivity index (χ3n) is 5.17. The van der Waals surface area contributed by atoms with Gasteiger partial charge in [-0.25, -0.2) is 13.2 Å². The molecule has 0 saturated carbocycles. The molecule has 0 bridgehead atoms. The van der Waals surface area contributed by atoms with Gasteiger partial charge in [0.15, 0.2) is 0 Å². The van der Waals surface area contributed by atoms with Gasteiger partial charge in [-0.1, -0.05) is 0 Å². The SMILES string of the molecule is CCOc1ccc(S(=O)(=O)N2CCC(C(=O)Nc3ccc(C(=O)OC)cc3)CC2)cc1. The molecule has 1 aliphatic heterocycles. The van der Waals surface area contributed by atoms with Crippen molar-refractivity contribution in [1.82, 2.24) is 4.31 Å². The van der Waals surface area contributed by atoms with E-state index in [1.165, 1.54) is 23.5 Å². The molecule has 8 nitrogen and oxygen atoms in total. The van der Waals surface area contributed by atoms with E-state index < -0.39 is 16.0 Å². The van der Waals surface area contributed by atoms with Gasteiger partial charge in [-0.3, -0.25) is 4.79 Å². The standard InChI is InChI=1S/C22H26N2O6S/c1-3-30-19-8-10-20(11-9-19)31(27,28)24-14-12-16(13-15-24)21(25)23-18-6-4-17(5-7-18)22(26)29-2/h4-11,16H,3,12-15H2,1-2H3,(H,23,25). The summed E-state index contributed by atoms with van der Waals surface area (Å²) in [7, 11) is -2.31. The fourth-order valence-corrected chi connectivity index (χ4v) is 4.90. The molecular formula is C22H26N2O6S. The van der Waals surface area contributed by atoms with Crippen molar-refractivity contribution in [3.8, 4) is 5.75 Å². The van der Waals surface area contributed by atoms with Gasteiger partial charge in [-0.2, -0.15) is 4.31 Å². The van der Waals surface area contributed by atoms with Crippen LogP contribution in [0, 0.1) is 5.92 Å². The van der Waals surface area contributed by atoms with Crippen molar-refractivity contribution < 1.29 is 27.5 Å². The van der Waals surface area contributed by atoms with E-state index in [1.54, 1.807) is 36.4 Å². The number of esters is 1. The second-order valence-corrected chi connectivity index (χ2v) is 9.08. The van der Waals surface area contributed by atoms with Crippen LogP contribution < -0.4 is 10.1 Å². The van der Waals surface area contributed by atoms with Crippen LogP contribution in [0.5, 0.6) is 5.75 Å². The monoisotopic (exact) mass is 446 g/mol. The molecule has 2 aromatic carbocycles. The Kier molecular flexibility index (Phi) is 7.29. The zero-order valence-corrected chi connectivity index (χ0v) is 18.4. The number of hydrogen-bond donors (Lipinski definition) is 1. The van der Waals surface area contributed by atoms with E-state index in [4.69, 9.17) is 4.74 Å². The van der Waals surface area contributed by atoms with Crippen LogP contribution in [-0.4, -0.2) is 51.4 Å². The molecule has 1 aliphatic rings. The van der Waals surface area contributed by atoms with Gasteiger partial charge >= 0.3 is 5.97 Å². The second kappa shape index (κ2) is 9.93. The normalized spacial score (nSPS) is 15.3. The number of carbonyl (C=O) groups excluding carboxylic acids is 2. The zero-order valence-electron chi connectivity index (χ0n) is 17.5. The van der Waals surface area contributed by atoms with Crippen molar-refractivity contribution in [2.75, 3.05) is 32.1 Å². The van der Waals surface area contributed by atoms with E-state index in [1.807, 2.05) is 6.92 Å². The molecule has 2 aromatic rings. The number of piperidine rings is 1. The minimum absolute atomic E-state index is 0.163. The Morgan fingerprint density at radius 2 is 1.65 bits per heavy atom. The molecule has 31 heavy (non-hydrogen) atoms. The van der Waals surface area contributed by atoms with Crippen molar-refractivity contribution in [1.29, 1.82) is 0 Å². The molecule has 1 N–H and O–H groups in total. The lowest BCUT2D eigenvalue weighted by atomic mass is 9.97. The van der Waals surface area contributed by atoms with Gasteiger partial charge in [0.05, 0.1) is 24.2 Å². The fraction of sp³-hybridized carbons (Fsp3) is 0.364. The summed E-state index contributed by atoms with van der Waals surface area (Å²) in [6.07, 6.45) is 0.866. The highest BCUT2D eigenvalue weighted by Crippen LogP contribution is 2.26. The molecule has 0 atom stereocenters. The number of rotatable bonds is 7. The number of nitrogens with zero attached hydrogens (tertiary/aromatic N) is 1. The Bertz CT molecular complexity index is 1010. The van der Waals surface area contributed by atoms with E-state index >= 15 is 0 Å². The lowest BCUT2D eigenvalue weighted by Crippen LogP contribution is -2.41. The number of carbonyl (C=O) groups is 2. The number of anilines is 1.